The maximum atomic E-state index is 11.0. The summed E-state index contributed by atoms with van der Waals surface area (Å²) in [5, 5.41) is 18.1. The Bertz CT molecular complexity index is 520. The highest BCUT2D eigenvalue weighted by Gasteiger charge is 2.22. The standard InChI is InChI=1S/C8H7ClO5S/c1-4-2-5(8(11)12)7(10)6(3-4)15(9,13)14/h2-3,10H,1H3,(H,11,12). The zero-order valence-corrected chi connectivity index (χ0v) is 9.13. The summed E-state index contributed by atoms with van der Waals surface area (Å²) in [6.45, 7) is 1.50. The molecule has 0 spiro atoms. The van der Waals surface area contributed by atoms with E-state index < -0.39 is 31.2 Å². The van der Waals surface area contributed by atoms with Gasteiger partial charge in [0.2, 0.25) is 0 Å². The Morgan fingerprint density at radius 3 is 2.33 bits per heavy atom. The largest absolute Gasteiger partial charge is 0.506 e. The van der Waals surface area contributed by atoms with Crippen molar-refractivity contribution in [3.8, 4) is 5.75 Å². The third kappa shape index (κ3) is 2.40. The number of aromatic hydroxyl groups is 1. The molecule has 5 nitrogen and oxygen atoms in total. The second-order valence-corrected chi connectivity index (χ2v) is 5.44. The monoisotopic (exact) mass is 250 g/mol. The van der Waals surface area contributed by atoms with Crippen LogP contribution in [0.1, 0.15) is 15.9 Å². The minimum Gasteiger partial charge on any atom is -0.506 e. The van der Waals surface area contributed by atoms with E-state index in [9.17, 15) is 18.3 Å². The summed E-state index contributed by atoms with van der Waals surface area (Å²) in [5.41, 5.74) is -0.112. The Labute approximate surface area is 90.3 Å². The highest BCUT2D eigenvalue weighted by Crippen LogP contribution is 2.30. The van der Waals surface area contributed by atoms with Crippen molar-refractivity contribution in [3.05, 3.63) is 23.3 Å². The average Bonchev–Trinajstić information content (AvgIpc) is 2.06. The summed E-state index contributed by atoms with van der Waals surface area (Å²) in [5.74, 6) is -2.26. The zero-order valence-electron chi connectivity index (χ0n) is 7.56. The summed E-state index contributed by atoms with van der Waals surface area (Å²) in [6.07, 6.45) is 0. The van der Waals surface area contributed by atoms with Gasteiger partial charge in [0.1, 0.15) is 16.2 Å². The van der Waals surface area contributed by atoms with Crippen molar-refractivity contribution in [2.75, 3.05) is 0 Å². The Morgan fingerprint density at radius 2 is 1.93 bits per heavy atom. The van der Waals surface area contributed by atoms with Crippen LogP contribution in [-0.2, 0) is 9.05 Å². The quantitative estimate of drug-likeness (QED) is 0.773. The van der Waals surface area contributed by atoms with Crippen LogP contribution in [0.5, 0.6) is 5.75 Å². The van der Waals surface area contributed by atoms with Crippen LogP contribution in [0.2, 0.25) is 0 Å². The number of carboxylic acids is 1. The average molecular weight is 251 g/mol. The molecule has 0 fully saturated rings. The zero-order chi connectivity index (χ0) is 11.8. The van der Waals surface area contributed by atoms with Crippen molar-refractivity contribution in [3.63, 3.8) is 0 Å². The number of hydrogen-bond acceptors (Lipinski definition) is 4. The molecule has 1 aromatic rings. The number of benzene rings is 1. The molecule has 7 heteroatoms. The van der Waals surface area contributed by atoms with Crippen LogP contribution < -0.4 is 0 Å². The molecule has 0 saturated carbocycles. The molecule has 0 aliphatic rings. The van der Waals surface area contributed by atoms with Gasteiger partial charge in [-0.2, -0.15) is 0 Å². The van der Waals surface area contributed by atoms with Crippen LogP contribution in [0, 0.1) is 6.92 Å². The van der Waals surface area contributed by atoms with Crippen molar-refractivity contribution >= 4 is 25.7 Å². The van der Waals surface area contributed by atoms with E-state index in [-0.39, 0.29) is 0 Å². The van der Waals surface area contributed by atoms with Gasteiger partial charge in [0.05, 0.1) is 0 Å². The van der Waals surface area contributed by atoms with Crippen LogP contribution in [-0.4, -0.2) is 24.6 Å². The maximum Gasteiger partial charge on any atom is 0.339 e. The van der Waals surface area contributed by atoms with E-state index in [1.165, 1.54) is 6.92 Å². The van der Waals surface area contributed by atoms with Crippen molar-refractivity contribution in [2.45, 2.75) is 11.8 Å². The number of halogens is 1. The fraction of sp³-hybridized carbons (Fsp3) is 0.125. The molecule has 82 valence electrons. The summed E-state index contributed by atoms with van der Waals surface area (Å²) in [7, 11) is 0.879. The lowest BCUT2D eigenvalue weighted by atomic mass is 10.1. The Hall–Kier alpha value is -1.27. The topological polar surface area (TPSA) is 91.7 Å². The van der Waals surface area contributed by atoms with Crippen molar-refractivity contribution in [1.82, 2.24) is 0 Å². The molecular weight excluding hydrogens is 244 g/mol. The molecule has 1 aromatic carbocycles. The first-order valence-electron chi connectivity index (χ1n) is 3.75. The SMILES string of the molecule is Cc1cc(C(=O)O)c(O)c(S(=O)(=O)Cl)c1. The lowest BCUT2D eigenvalue weighted by Crippen LogP contribution is -2.02. The van der Waals surface area contributed by atoms with E-state index in [1.807, 2.05) is 0 Å². The van der Waals surface area contributed by atoms with E-state index in [1.54, 1.807) is 0 Å². The van der Waals surface area contributed by atoms with E-state index >= 15 is 0 Å². The van der Waals surface area contributed by atoms with Gasteiger partial charge >= 0.3 is 5.97 Å². The van der Waals surface area contributed by atoms with Crippen molar-refractivity contribution in [1.29, 1.82) is 0 Å². The third-order valence-corrected chi connectivity index (χ3v) is 3.05. The highest BCUT2D eigenvalue weighted by molar-refractivity contribution is 8.13. The first-order chi connectivity index (χ1) is 6.73. The van der Waals surface area contributed by atoms with E-state index in [4.69, 9.17) is 15.8 Å². The summed E-state index contributed by atoms with van der Waals surface area (Å²) in [6, 6.07) is 2.26. The third-order valence-electron chi connectivity index (χ3n) is 1.71. The molecule has 0 saturated heterocycles. The van der Waals surface area contributed by atoms with E-state index in [0.29, 0.717) is 5.56 Å². The Balaban J connectivity index is 3.63. The first kappa shape index (κ1) is 11.8. The van der Waals surface area contributed by atoms with Gasteiger partial charge in [-0.05, 0) is 24.6 Å². The first-order valence-corrected chi connectivity index (χ1v) is 6.06. The van der Waals surface area contributed by atoms with Gasteiger partial charge in [-0.25, -0.2) is 13.2 Å². The number of carbonyl (C=O) groups is 1. The molecule has 0 bridgehead atoms. The molecule has 0 aliphatic carbocycles. The molecule has 1 rings (SSSR count). The van der Waals surface area contributed by atoms with Gasteiger partial charge < -0.3 is 10.2 Å². The van der Waals surface area contributed by atoms with Crippen LogP contribution in [0.25, 0.3) is 0 Å². The molecule has 0 heterocycles. The predicted molar refractivity (Wildman–Crippen MR) is 52.8 cm³/mol. The smallest absolute Gasteiger partial charge is 0.339 e. The minimum atomic E-state index is -4.15. The fourth-order valence-electron chi connectivity index (χ4n) is 1.09. The number of phenols is 1. The number of carboxylic acid groups (broad SMARTS) is 1. The summed E-state index contributed by atoms with van der Waals surface area (Å²) >= 11 is 0. The molecule has 2 N–H and O–H groups in total. The van der Waals surface area contributed by atoms with Gasteiger partial charge in [0.15, 0.2) is 0 Å². The molecule has 0 radical (unpaired) electrons. The summed E-state index contributed by atoms with van der Waals surface area (Å²) < 4.78 is 22.0. The second kappa shape index (κ2) is 3.71. The van der Waals surface area contributed by atoms with Gasteiger partial charge in [-0.15, -0.1) is 0 Å². The van der Waals surface area contributed by atoms with Gasteiger partial charge in [-0.1, -0.05) is 0 Å². The molecule has 15 heavy (non-hydrogen) atoms. The molecule has 0 unspecified atom stereocenters. The fourth-order valence-corrected chi connectivity index (χ4v) is 2.11. The van der Waals surface area contributed by atoms with Crippen LogP contribution in [0.3, 0.4) is 0 Å². The summed E-state index contributed by atoms with van der Waals surface area (Å²) in [4.78, 5) is 10.1. The highest BCUT2D eigenvalue weighted by atomic mass is 35.7. The van der Waals surface area contributed by atoms with Crippen molar-refractivity contribution < 1.29 is 23.4 Å². The molecule has 0 aromatic heterocycles. The Morgan fingerprint density at radius 1 is 1.40 bits per heavy atom. The predicted octanol–water partition coefficient (Wildman–Crippen LogP) is 1.33. The van der Waals surface area contributed by atoms with Gasteiger partial charge in [-0.3, -0.25) is 0 Å². The Kier molecular flexibility index (Phi) is 2.92. The molecule has 0 amide bonds. The molecule has 0 atom stereocenters. The number of aryl methyl sites for hydroxylation is 1. The maximum absolute atomic E-state index is 11.0. The lowest BCUT2D eigenvalue weighted by Gasteiger charge is -2.05. The van der Waals surface area contributed by atoms with Crippen LogP contribution >= 0.6 is 10.7 Å². The van der Waals surface area contributed by atoms with E-state index in [0.717, 1.165) is 12.1 Å². The van der Waals surface area contributed by atoms with Gasteiger partial charge in [0, 0.05) is 10.7 Å². The minimum absolute atomic E-state index is 0.379. The molecule has 0 aliphatic heterocycles. The number of aromatic carboxylic acids is 1. The van der Waals surface area contributed by atoms with Gasteiger partial charge in [0.25, 0.3) is 9.05 Å². The molecular formula is C8H7ClO5S. The second-order valence-electron chi connectivity index (χ2n) is 2.90. The lowest BCUT2D eigenvalue weighted by molar-refractivity contribution is 0.0693. The van der Waals surface area contributed by atoms with Crippen LogP contribution in [0.4, 0.5) is 0 Å². The van der Waals surface area contributed by atoms with Crippen LogP contribution in [0.15, 0.2) is 17.0 Å². The van der Waals surface area contributed by atoms with E-state index in [2.05, 4.69) is 0 Å². The number of hydrogen-bond donors (Lipinski definition) is 2. The van der Waals surface area contributed by atoms with Crippen molar-refractivity contribution in [2.24, 2.45) is 0 Å². The number of rotatable bonds is 2. The normalized spacial score (nSPS) is 11.3.